The number of rotatable bonds is 8. The second-order valence-corrected chi connectivity index (χ2v) is 7.10. The molecular weight excluding hydrogens is 395 g/mol. The van der Waals surface area contributed by atoms with Gasteiger partial charge in [0.25, 0.3) is 0 Å². The first kappa shape index (κ1) is 20.5. The summed E-state index contributed by atoms with van der Waals surface area (Å²) >= 11 is 0. The van der Waals surface area contributed by atoms with Gasteiger partial charge in [0.15, 0.2) is 0 Å². The van der Waals surface area contributed by atoms with Crippen molar-refractivity contribution >= 4 is 5.91 Å². The van der Waals surface area contributed by atoms with Crippen LogP contribution in [0.15, 0.2) is 67.1 Å². The molecule has 2 aromatic heterocycles. The van der Waals surface area contributed by atoms with E-state index in [9.17, 15) is 9.18 Å². The van der Waals surface area contributed by atoms with E-state index in [1.54, 1.807) is 23.1 Å². The third-order valence-electron chi connectivity index (χ3n) is 4.99. The molecule has 0 bridgehead atoms. The van der Waals surface area contributed by atoms with Gasteiger partial charge in [-0.25, -0.2) is 9.07 Å². The number of carbonyl (C=O) groups excluding carboxylic acids is 1. The van der Waals surface area contributed by atoms with Crippen molar-refractivity contribution < 1.29 is 9.18 Å². The molecule has 0 radical (unpaired) electrons. The summed E-state index contributed by atoms with van der Waals surface area (Å²) in [5, 5.41) is 15.6. The molecule has 0 aliphatic heterocycles. The molecule has 8 heteroatoms. The molecule has 2 aromatic carbocycles. The number of nitrogens with zero attached hydrogens (tertiary/aromatic N) is 5. The molecule has 0 fully saturated rings. The van der Waals surface area contributed by atoms with Crippen LogP contribution >= 0.6 is 0 Å². The van der Waals surface area contributed by atoms with Gasteiger partial charge in [-0.3, -0.25) is 4.79 Å². The van der Waals surface area contributed by atoms with Gasteiger partial charge in [-0.05, 0) is 43.3 Å². The van der Waals surface area contributed by atoms with Crippen LogP contribution in [0.1, 0.15) is 18.3 Å². The molecule has 0 saturated heterocycles. The molecule has 4 aromatic rings. The number of benzene rings is 2. The molecule has 158 valence electrons. The van der Waals surface area contributed by atoms with Gasteiger partial charge in [-0.15, -0.1) is 10.2 Å². The largest absolute Gasteiger partial charge is 0.355 e. The molecule has 4 rings (SSSR count). The van der Waals surface area contributed by atoms with E-state index < -0.39 is 0 Å². The summed E-state index contributed by atoms with van der Waals surface area (Å²) in [6.07, 6.45) is 4.30. The molecule has 31 heavy (non-hydrogen) atoms. The number of amides is 1. The van der Waals surface area contributed by atoms with Crippen LogP contribution in [0.5, 0.6) is 0 Å². The zero-order valence-corrected chi connectivity index (χ0v) is 17.2. The summed E-state index contributed by atoms with van der Waals surface area (Å²) in [4.78, 5) is 12.6. The smallest absolute Gasteiger partial charge is 0.224 e. The summed E-state index contributed by atoms with van der Waals surface area (Å²) in [7, 11) is 0. The maximum Gasteiger partial charge on any atom is 0.224 e. The van der Waals surface area contributed by atoms with Crippen molar-refractivity contribution in [2.75, 3.05) is 6.54 Å². The summed E-state index contributed by atoms with van der Waals surface area (Å²) < 4.78 is 17.1. The Morgan fingerprint density at radius 2 is 1.87 bits per heavy atom. The second-order valence-electron chi connectivity index (χ2n) is 7.10. The third-order valence-corrected chi connectivity index (χ3v) is 4.99. The number of aryl methyl sites for hydroxylation is 1. The van der Waals surface area contributed by atoms with Crippen molar-refractivity contribution in [3.63, 3.8) is 0 Å². The van der Waals surface area contributed by atoms with Crippen LogP contribution in [0.3, 0.4) is 0 Å². The van der Waals surface area contributed by atoms with Gasteiger partial charge in [0, 0.05) is 36.8 Å². The lowest BCUT2D eigenvalue weighted by Gasteiger charge is -2.06. The Morgan fingerprint density at radius 1 is 1.10 bits per heavy atom. The fourth-order valence-electron chi connectivity index (χ4n) is 3.39. The fourth-order valence-corrected chi connectivity index (χ4v) is 3.39. The molecule has 7 nitrogen and oxygen atoms in total. The maximum atomic E-state index is 13.4. The van der Waals surface area contributed by atoms with Crippen molar-refractivity contribution in [2.45, 2.75) is 26.3 Å². The normalized spacial score (nSPS) is 10.9. The van der Waals surface area contributed by atoms with Crippen LogP contribution in [0, 0.1) is 5.82 Å². The zero-order valence-electron chi connectivity index (χ0n) is 17.2. The van der Waals surface area contributed by atoms with Gasteiger partial charge in [-0.2, -0.15) is 5.10 Å². The lowest BCUT2D eigenvalue weighted by molar-refractivity contribution is -0.120. The third kappa shape index (κ3) is 4.85. The topological polar surface area (TPSA) is 77.6 Å². The lowest BCUT2D eigenvalue weighted by atomic mass is 10.1. The molecule has 2 heterocycles. The number of halogens is 1. The Bertz CT molecular complexity index is 1150. The average Bonchev–Trinajstić information content (AvgIpc) is 3.42. The van der Waals surface area contributed by atoms with E-state index >= 15 is 0 Å². The van der Waals surface area contributed by atoms with Crippen molar-refractivity contribution in [3.8, 4) is 16.9 Å². The Balaban J connectivity index is 1.51. The molecule has 0 unspecified atom stereocenters. The monoisotopic (exact) mass is 418 g/mol. The Hall–Kier alpha value is -3.81. The Morgan fingerprint density at radius 3 is 2.61 bits per heavy atom. The summed E-state index contributed by atoms with van der Waals surface area (Å²) in [6.45, 7) is 3.28. The number of carbonyl (C=O) groups is 1. The molecule has 1 N–H and O–H groups in total. The van der Waals surface area contributed by atoms with Crippen molar-refractivity contribution in [2.24, 2.45) is 0 Å². The van der Waals surface area contributed by atoms with Crippen molar-refractivity contribution in [1.82, 2.24) is 29.9 Å². The highest BCUT2D eigenvalue weighted by Crippen LogP contribution is 2.24. The number of hydrogen-bond acceptors (Lipinski definition) is 4. The van der Waals surface area contributed by atoms with Crippen LogP contribution in [0.4, 0.5) is 4.39 Å². The number of para-hydroxylation sites is 1. The van der Waals surface area contributed by atoms with Gasteiger partial charge >= 0.3 is 0 Å². The first-order valence-electron chi connectivity index (χ1n) is 10.2. The van der Waals surface area contributed by atoms with Gasteiger partial charge in [0.1, 0.15) is 18.0 Å². The van der Waals surface area contributed by atoms with Crippen LogP contribution in [0.2, 0.25) is 0 Å². The molecule has 0 aliphatic rings. The van der Waals surface area contributed by atoms with E-state index in [0.29, 0.717) is 18.7 Å². The van der Waals surface area contributed by atoms with Crippen molar-refractivity contribution in [1.29, 1.82) is 0 Å². The first-order valence-corrected chi connectivity index (χ1v) is 10.2. The highest BCUT2D eigenvalue weighted by atomic mass is 19.1. The van der Waals surface area contributed by atoms with Gasteiger partial charge < -0.3 is 9.88 Å². The molecule has 0 aliphatic carbocycles. The maximum absolute atomic E-state index is 13.4. The lowest BCUT2D eigenvalue weighted by Crippen LogP contribution is -2.28. The number of nitrogens with one attached hydrogen (secondary N) is 1. The molecular formula is C23H23FN6O. The molecule has 0 spiro atoms. The van der Waals surface area contributed by atoms with Crippen molar-refractivity contribution in [3.05, 3.63) is 84.3 Å². The van der Waals surface area contributed by atoms with E-state index in [0.717, 1.165) is 29.2 Å². The summed E-state index contributed by atoms with van der Waals surface area (Å²) in [5.41, 5.74) is 3.07. The van der Waals surface area contributed by atoms with Crippen LogP contribution < -0.4 is 5.32 Å². The van der Waals surface area contributed by atoms with Gasteiger partial charge in [0.2, 0.25) is 5.91 Å². The Kier molecular flexibility index (Phi) is 6.16. The van der Waals surface area contributed by atoms with E-state index in [-0.39, 0.29) is 18.1 Å². The van der Waals surface area contributed by atoms with E-state index in [4.69, 9.17) is 0 Å². The van der Waals surface area contributed by atoms with E-state index in [1.165, 1.54) is 12.1 Å². The minimum Gasteiger partial charge on any atom is -0.355 e. The standard InChI is InChI=1S/C23H23FN6O/c1-2-29-16-26-27-21(29)12-13-25-22(31)14-18-15-30(20-6-4-3-5-7-20)28-23(18)17-8-10-19(24)11-9-17/h3-11,15-16H,2,12-14H2,1H3,(H,25,31). The minimum atomic E-state index is -0.314. The SMILES string of the molecule is CCn1cnnc1CCNC(=O)Cc1cn(-c2ccccc2)nc1-c1ccc(F)cc1. The highest BCUT2D eigenvalue weighted by molar-refractivity contribution is 5.81. The molecule has 0 saturated carbocycles. The number of hydrogen-bond donors (Lipinski definition) is 1. The van der Waals surface area contributed by atoms with E-state index in [2.05, 4.69) is 20.6 Å². The summed E-state index contributed by atoms with van der Waals surface area (Å²) in [6, 6.07) is 15.8. The predicted molar refractivity (Wildman–Crippen MR) is 115 cm³/mol. The number of aromatic nitrogens is 5. The zero-order chi connectivity index (χ0) is 21.6. The average molecular weight is 418 g/mol. The summed E-state index contributed by atoms with van der Waals surface area (Å²) in [5.74, 6) is 0.413. The quantitative estimate of drug-likeness (QED) is 0.477. The Labute approximate surface area is 179 Å². The van der Waals surface area contributed by atoms with Crippen LogP contribution in [-0.4, -0.2) is 37.0 Å². The second kappa shape index (κ2) is 9.34. The predicted octanol–water partition coefficient (Wildman–Crippen LogP) is 3.19. The van der Waals surface area contributed by atoms with E-state index in [1.807, 2.05) is 48.0 Å². The molecule has 0 atom stereocenters. The van der Waals surface area contributed by atoms with Gasteiger partial charge in [-0.1, -0.05) is 18.2 Å². The fraction of sp³-hybridized carbons (Fsp3) is 0.217. The molecule has 1 amide bonds. The highest BCUT2D eigenvalue weighted by Gasteiger charge is 2.16. The van der Waals surface area contributed by atoms with Crippen LogP contribution in [-0.2, 0) is 24.2 Å². The first-order chi connectivity index (χ1) is 15.1. The minimum absolute atomic E-state index is 0.112. The van der Waals surface area contributed by atoms with Crippen LogP contribution in [0.25, 0.3) is 16.9 Å². The van der Waals surface area contributed by atoms with Gasteiger partial charge in [0.05, 0.1) is 17.8 Å².